The second-order valence-corrected chi connectivity index (χ2v) is 5.67. The van der Waals surface area contributed by atoms with Crippen LogP contribution in [-0.4, -0.2) is 21.7 Å². The van der Waals surface area contributed by atoms with Gasteiger partial charge in [0.1, 0.15) is 0 Å². The van der Waals surface area contributed by atoms with Crippen molar-refractivity contribution >= 4 is 28.2 Å². The quantitative estimate of drug-likeness (QED) is 0.728. The van der Waals surface area contributed by atoms with Crippen molar-refractivity contribution in [1.82, 2.24) is 9.97 Å². The van der Waals surface area contributed by atoms with Gasteiger partial charge in [0.25, 0.3) is 5.91 Å². The Morgan fingerprint density at radius 1 is 1.26 bits per heavy atom. The maximum atomic E-state index is 12.1. The highest BCUT2D eigenvalue weighted by atomic mass is 32.1. The molecule has 23 heavy (non-hydrogen) atoms. The fourth-order valence-corrected chi connectivity index (χ4v) is 2.67. The third kappa shape index (κ3) is 3.70. The minimum atomic E-state index is -0.416. The Balaban J connectivity index is 1.64. The number of carbonyl (C=O) groups is 2. The van der Waals surface area contributed by atoms with Crippen LogP contribution in [0.1, 0.15) is 32.5 Å². The fourth-order valence-electron chi connectivity index (χ4n) is 1.96. The molecule has 0 radical (unpaired) electrons. The van der Waals surface area contributed by atoms with Gasteiger partial charge in [0.05, 0.1) is 18.3 Å². The normalized spacial score (nSPS) is 10.5. The molecule has 0 aliphatic heterocycles. The van der Waals surface area contributed by atoms with Gasteiger partial charge in [0.15, 0.2) is 16.8 Å². The topological polar surface area (TPSA) is 85.1 Å². The molecule has 0 aliphatic carbocycles. The Morgan fingerprint density at radius 2 is 2.04 bits per heavy atom. The molecular weight excluding hydrogens is 314 g/mol. The van der Waals surface area contributed by atoms with E-state index in [2.05, 4.69) is 15.3 Å². The van der Waals surface area contributed by atoms with E-state index in [1.165, 1.54) is 17.5 Å². The van der Waals surface area contributed by atoms with E-state index in [4.69, 9.17) is 4.42 Å². The van der Waals surface area contributed by atoms with Gasteiger partial charge in [0.2, 0.25) is 5.76 Å². The zero-order valence-electron chi connectivity index (χ0n) is 12.3. The number of aryl methyl sites for hydroxylation is 1. The first kappa shape index (κ1) is 15.1. The van der Waals surface area contributed by atoms with Crippen molar-refractivity contribution in [3.8, 4) is 0 Å². The molecule has 2 aromatic heterocycles. The Labute approximate surface area is 136 Å². The van der Waals surface area contributed by atoms with Gasteiger partial charge in [0, 0.05) is 17.9 Å². The summed E-state index contributed by atoms with van der Waals surface area (Å²) >= 11 is 1.26. The maximum Gasteiger partial charge on any atom is 0.294 e. The lowest BCUT2D eigenvalue weighted by Crippen LogP contribution is -2.11. The summed E-state index contributed by atoms with van der Waals surface area (Å²) in [5.41, 5.74) is 1.26. The number of nitrogens with zero attached hydrogens (tertiary/aromatic N) is 2. The van der Waals surface area contributed by atoms with Crippen molar-refractivity contribution in [2.24, 2.45) is 0 Å². The average Bonchev–Trinajstić information content (AvgIpc) is 3.17. The summed E-state index contributed by atoms with van der Waals surface area (Å²) in [5, 5.41) is 4.80. The molecule has 0 saturated carbocycles. The number of Topliss-reactive ketones (excluding diaryl/α,β-unsaturated/α-hetero) is 1. The zero-order chi connectivity index (χ0) is 16.2. The molecule has 0 unspecified atom stereocenters. The van der Waals surface area contributed by atoms with Gasteiger partial charge in [-0.2, -0.15) is 0 Å². The second-order valence-electron chi connectivity index (χ2n) is 4.81. The zero-order valence-corrected chi connectivity index (χ0v) is 13.1. The van der Waals surface area contributed by atoms with Gasteiger partial charge >= 0.3 is 0 Å². The van der Waals surface area contributed by atoms with E-state index in [1.54, 1.807) is 24.4 Å². The van der Waals surface area contributed by atoms with E-state index < -0.39 is 5.91 Å². The molecule has 7 heteroatoms. The number of benzene rings is 1. The number of ketones is 1. The first-order valence-electron chi connectivity index (χ1n) is 6.88. The van der Waals surface area contributed by atoms with Crippen molar-refractivity contribution in [3.05, 3.63) is 64.8 Å². The number of hydrogen-bond donors (Lipinski definition) is 1. The first-order chi connectivity index (χ1) is 11.1. The molecule has 1 amide bonds. The third-order valence-electron chi connectivity index (χ3n) is 3.05. The minimum absolute atomic E-state index is 0.0142. The smallest absolute Gasteiger partial charge is 0.294 e. The van der Waals surface area contributed by atoms with Crippen LogP contribution in [0.2, 0.25) is 0 Å². The number of anilines is 1. The number of thiazole rings is 1. The fraction of sp³-hybridized carbons (Fsp3) is 0.125. The van der Waals surface area contributed by atoms with Crippen LogP contribution in [0, 0.1) is 6.92 Å². The molecule has 116 valence electrons. The van der Waals surface area contributed by atoms with Crippen LogP contribution >= 0.6 is 11.3 Å². The summed E-state index contributed by atoms with van der Waals surface area (Å²) in [7, 11) is 0. The van der Waals surface area contributed by atoms with E-state index >= 15 is 0 Å². The SMILES string of the molecule is Cc1ncc(C(=O)Nc2nc(CC(=O)c3ccccc3)cs2)o1. The molecule has 6 nitrogen and oxygen atoms in total. The average molecular weight is 327 g/mol. The van der Waals surface area contributed by atoms with Crippen molar-refractivity contribution in [1.29, 1.82) is 0 Å². The first-order valence-corrected chi connectivity index (χ1v) is 7.76. The van der Waals surface area contributed by atoms with Crippen molar-refractivity contribution < 1.29 is 14.0 Å². The maximum absolute atomic E-state index is 12.1. The largest absolute Gasteiger partial charge is 0.436 e. The van der Waals surface area contributed by atoms with Crippen LogP contribution < -0.4 is 5.32 Å². The number of amides is 1. The Morgan fingerprint density at radius 3 is 2.74 bits per heavy atom. The molecule has 3 rings (SSSR count). The van der Waals surface area contributed by atoms with Gasteiger partial charge < -0.3 is 4.42 Å². The van der Waals surface area contributed by atoms with Crippen LogP contribution in [0.25, 0.3) is 0 Å². The Hall–Kier alpha value is -2.80. The predicted molar refractivity (Wildman–Crippen MR) is 85.8 cm³/mol. The molecule has 0 saturated heterocycles. The highest BCUT2D eigenvalue weighted by Gasteiger charge is 2.14. The summed E-state index contributed by atoms with van der Waals surface area (Å²) in [6.45, 7) is 1.66. The number of nitrogens with one attached hydrogen (secondary N) is 1. The van der Waals surface area contributed by atoms with Gasteiger partial charge in [-0.05, 0) is 0 Å². The molecule has 2 heterocycles. The van der Waals surface area contributed by atoms with E-state index in [1.807, 2.05) is 18.2 Å². The Bertz CT molecular complexity index is 839. The summed E-state index contributed by atoms with van der Waals surface area (Å²) < 4.78 is 5.15. The van der Waals surface area contributed by atoms with E-state index in [0.717, 1.165) is 0 Å². The molecule has 1 N–H and O–H groups in total. The highest BCUT2D eigenvalue weighted by Crippen LogP contribution is 2.18. The standard InChI is InChI=1S/C16H13N3O3S/c1-10-17-8-14(22-10)15(21)19-16-18-12(9-23-16)7-13(20)11-5-3-2-4-6-11/h2-6,8-9H,7H2,1H3,(H,18,19,21). The number of carbonyl (C=O) groups excluding carboxylic acids is 2. The monoisotopic (exact) mass is 327 g/mol. The van der Waals surface area contributed by atoms with Crippen LogP contribution in [0.3, 0.4) is 0 Å². The van der Waals surface area contributed by atoms with Gasteiger partial charge in [-0.3, -0.25) is 14.9 Å². The lowest BCUT2D eigenvalue weighted by Gasteiger charge is -1.98. The van der Waals surface area contributed by atoms with E-state index in [-0.39, 0.29) is 18.0 Å². The summed E-state index contributed by atoms with van der Waals surface area (Å²) in [6.07, 6.45) is 1.55. The van der Waals surface area contributed by atoms with Gasteiger partial charge in [-0.15, -0.1) is 11.3 Å². The Kier molecular flexibility index (Phi) is 4.29. The molecule has 1 aromatic carbocycles. The summed E-state index contributed by atoms with van der Waals surface area (Å²) in [6, 6.07) is 9.03. The molecule has 0 aliphatic rings. The highest BCUT2D eigenvalue weighted by molar-refractivity contribution is 7.14. The van der Waals surface area contributed by atoms with Crippen LogP contribution in [0.4, 0.5) is 5.13 Å². The van der Waals surface area contributed by atoms with Gasteiger partial charge in [-0.1, -0.05) is 30.3 Å². The molecule has 0 atom stereocenters. The summed E-state index contributed by atoms with van der Waals surface area (Å²) in [5.74, 6) is 0.114. The van der Waals surface area contributed by atoms with Crippen molar-refractivity contribution in [2.45, 2.75) is 13.3 Å². The van der Waals surface area contributed by atoms with Gasteiger partial charge in [-0.25, -0.2) is 9.97 Å². The molecule has 0 spiro atoms. The van der Waals surface area contributed by atoms with E-state index in [0.29, 0.717) is 22.3 Å². The lowest BCUT2D eigenvalue weighted by atomic mass is 10.1. The molecule has 0 bridgehead atoms. The predicted octanol–water partition coefficient (Wildman–Crippen LogP) is 3.12. The van der Waals surface area contributed by atoms with Crippen LogP contribution in [0.5, 0.6) is 0 Å². The molecular formula is C16H13N3O3S. The molecule has 3 aromatic rings. The number of hydrogen-bond acceptors (Lipinski definition) is 6. The molecule has 0 fully saturated rings. The lowest BCUT2D eigenvalue weighted by molar-refractivity contribution is 0.0987. The summed E-state index contributed by atoms with van der Waals surface area (Å²) in [4.78, 5) is 32.2. The number of aromatic nitrogens is 2. The van der Waals surface area contributed by atoms with Crippen molar-refractivity contribution in [3.63, 3.8) is 0 Å². The van der Waals surface area contributed by atoms with Crippen molar-refractivity contribution in [2.75, 3.05) is 5.32 Å². The number of rotatable bonds is 5. The van der Waals surface area contributed by atoms with Crippen LogP contribution in [-0.2, 0) is 6.42 Å². The second kappa shape index (κ2) is 6.53. The number of oxazole rings is 1. The van der Waals surface area contributed by atoms with Crippen LogP contribution in [0.15, 0.2) is 46.3 Å². The minimum Gasteiger partial charge on any atom is -0.436 e. The van der Waals surface area contributed by atoms with E-state index in [9.17, 15) is 9.59 Å². The third-order valence-corrected chi connectivity index (χ3v) is 3.86.